The number of ether oxygens (including phenoxy) is 1. The summed E-state index contributed by atoms with van der Waals surface area (Å²) in [6.07, 6.45) is 10.4. The van der Waals surface area contributed by atoms with Gasteiger partial charge in [0.15, 0.2) is 5.16 Å². The van der Waals surface area contributed by atoms with Crippen molar-refractivity contribution in [3.63, 3.8) is 0 Å². The molecule has 1 aliphatic heterocycles. The normalized spacial score (nSPS) is 16.9. The second kappa shape index (κ2) is 10.1. The lowest BCUT2D eigenvalue weighted by atomic mass is 9.97. The Morgan fingerprint density at radius 1 is 1.34 bits per heavy atom. The number of aryl methyl sites for hydroxylation is 1. The first-order valence-electron chi connectivity index (χ1n) is 11.0. The van der Waals surface area contributed by atoms with Crippen LogP contribution in [0, 0.1) is 12.8 Å². The average molecular weight is 471 g/mol. The molecular formula is C23H30N6OS2. The minimum Gasteiger partial charge on any atom is -0.372 e. The first-order chi connectivity index (χ1) is 15.5. The highest BCUT2D eigenvalue weighted by Crippen LogP contribution is 2.35. The van der Waals surface area contributed by atoms with Gasteiger partial charge in [-0.25, -0.2) is 4.57 Å². The SMILES string of the molecule is C/C=C(\C=C/CC)CSc1nncn1-c1nnc(C)n1-c1cc2c(s1)COC(C(C)C)C2. The van der Waals surface area contributed by atoms with Gasteiger partial charge in [0.05, 0.1) is 12.7 Å². The molecule has 1 atom stereocenters. The first kappa shape index (κ1) is 22.9. The third-order valence-electron chi connectivity index (χ3n) is 5.54. The van der Waals surface area contributed by atoms with Crippen LogP contribution in [0.4, 0.5) is 0 Å². The third-order valence-corrected chi connectivity index (χ3v) is 7.69. The molecule has 170 valence electrons. The topological polar surface area (TPSA) is 70.7 Å². The van der Waals surface area contributed by atoms with Gasteiger partial charge >= 0.3 is 0 Å². The molecule has 0 aromatic carbocycles. The summed E-state index contributed by atoms with van der Waals surface area (Å²) < 4.78 is 10.1. The Kier molecular flexibility index (Phi) is 7.27. The molecule has 1 aliphatic rings. The zero-order valence-electron chi connectivity index (χ0n) is 19.3. The molecule has 0 saturated carbocycles. The molecule has 0 bridgehead atoms. The van der Waals surface area contributed by atoms with Crippen molar-refractivity contribution in [3.8, 4) is 10.9 Å². The maximum absolute atomic E-state index is 6.07. The second-order valence-corrected chi connectivity index (χ2v) is 10.2. The Morgan fingerprint density at radius 2 is 2.19 bits per heavy atom. The van der Waals surface area contributed by atoms with E-state index in [1.54, 1.807) is 29.4 Å². The molecule has 3 aromatic rings. The van der Waals surface area contributed by atoms with Crippen LogP contribution in [0.15, 0.2) is 41.4 Å². The average Bonchev–Trinajstić information content (AvgIpc) is 3.50. The fourth-order valence-electron chi connectivity index (χ4n) is 3.61. The molecule has 9 heteroatoms. The van der Waals surface area contributed by atoms with Crippen LogP contribution in [0.1, 0.15) is 50.4 Å². The van der Waals surface area contributed by atoms with Gasteiger partial charge in [0, 0.05) is 17.1 Å². The molecule has 0 saturated heterocycles. The third kappa shape index (κ3) is 4.74. The van der Waals surface area contributed by atoms with Crippen LogP contribution in [0.3, 0.4) is 0 Å². The van der Waals surface area contributed by atoms with Crippen molar-refractivity contribution in [1.82, 2.24) is 29.5 Å². The Balaban J connectivity index is 1.62. The highest BCUT2D eigenvalue weighted by molar-refractivity contribution is 7.99. The summed E-state index contributed by atoms with van der Waals surface area (Å²) in [6.45, 7) is 11.3. The first-order valence-corrected chi connectivity index (χ1v) is 12.8. The summed E-state index contributed by atoms with van der Waals surface area (Å²) in [7, 11) is 0. The number of thioether (sulfide) groups is 1. The zero-order valence-corrected chi connectivity index (χ0v) is 20.9. The minimum atomic E-state index is 0.273. The lowest BCUT2D eigenvalue weighted by Gasteiger charge is -2.25. The van der Waals surface area contributed by atoms with Gasteiger partial charge in [0.2, 0.25) is 5.95 Å². The molecule has 1 unspecified atom stereocenters. The Bertz CT molecular complexity index is 1120. The molecule has 32 heavy (non-hydrogen) atoms. The van der Waals surface area contributed by atoms with Crippen LogP contribution in [0.25, 0.3) is 10.9 Å². The number of thiophene rings is 1. The van der Waals surface area contributed by atoms with Gasteiger partial charge in [-0.1, -0.05) is 50.8 Å². The molecule has 0 amide bonds. The molecule has 7 nitrogen and oxygen atoms in total. The van der Waals surface area contributed by atoms with Gasteiger partial charge < -0.3 is 4.74 Å². The van der Waals surface area contributed by atoms with Crippen molar-refractivity contribution in [2.75, 3.05) is 5.75 Å². The van der Waals surface area contributed by atoms with E-state index in [4.69, 9.17) is 4.74 Å². The van der Waals surface area contributed by atoms with Gasteiger partial charge in [0.1, 0.15) is 17.2 Å². The van der Waals surface area contributed by atoms with Crippen molar-refractivity contribution >= 4 is 23.1 Å². The van der Waals surface area contributed by atoms with Gasteiger partial charge in [-0.2, -0.15) is 0 Å². The maximum atomic E-state index is 6.07. The smallest absolute Gasteiger partial charge is 0.244 e. The summed E-state index contributed by atoms with van der Waals surface area (Å²) in [5.41, 5.74) is 2.63. The van der Waals surface area contributed by atoms with Crippen LogP contribution in [-0.4, -0.2) is 41.4 Å². The van der Waals surface area contributed by atoms with Crippen molar-refractivity contribution < 1.29 is 4.74 Å². The predicted molar refractivity (Wildman–Crippen MR) is 130 cm³/mol. The van der Waals surface area contributed by atoms with Gasteiger partial charge in [-0.05, 0) is 43.4 Å². The van der Waals surface area contributed by atoms with E-state index in [1.807, 2.05) is 11.5 Å². The Labute approximate surface area is 197 Å². The van der Waals surface area contributed by atoms with Gasteiger partial charge in [-0.15, -0.1) is 31.7 Å². The van der Waals surface area contributed by atoms with Crippen molar-refractivity contribution in [2.45, 2.75) is 65.3 Å². The zero-order chi connectivity index (χ0) is 22.7. The summed E-state index contributed by atoms with van der Waals surface area (Å²) in [5, 5.41) is 19.2. The number of rotatable bonds is 8. The van der Waals surface area contributed by atoms with Crippen LogP contribution in [0.2, 0.25) is 0 Å². The number of hydrogen-bond acceptors (Lipinski definition) is 7. The van der Waals surface area contributed by atoms with Gasteiger partial charge in [0.25, 0.3) is 0 Å². The quantitative estimate of drug-likeness (QED) is 0.328. The van der Waals surface area contributed by atoms with E-state index < -0.39 is 0 Å². The molecule has 4 rings (SSSR count). The van der Waals surface area contributed by atoms with E-state index in [2.05, 4.69) is 77.0 Å². The highest BCUT2D eigenvalue weighted by atomic mass is 32.2. The van der Waals surface area contributed by atoms with E-state index in [9.17, 15) is 0 Å². The van der Waals surface area contributed by atoms with Crippen LogP contribution < -0.4 is 0 Å². The van der Waals surface area contributed by atoms with E-state index in [-0.39, 0.29) is 6.10 Å². The molecule has 0 radical (unpaired) electrons. The summed E-state index contributed by atoms with van der Waals surface area (Å²) in [6, 6.07) is 2.27. The molecule has 4 heterocycles. The molecular weight excluding hydrogens is 440 g/mol. The fourth-order valence-corrected chi connectivity index (χ4v) is 5.70. The Hall–Kier alpha value is -2.23. The lowest BCUT2D eigenvalue weighted by Crippen LogP contribution is -2.26. The van der Waals surface area contributed by atoms with Crippen LogP contribution in [0.5, 0.6) is 0 Å². The van der Waals surface area contributed by atoms with E-state index >= 15 is 0 Å². The van der Waals surface area contributed by atoms with Crippen LogP contribution >= 0.6 is 23.1 Å². The van der Waals surface area contributed by atoms with Crippen molar-refractivity contribution in [2.24, 2.45) is 5.92 Å². The molecule has 3 aromatic heterocycles. The minimum absolute atomic E-state index is 0.273. The van der Waals surface area contributed by atoms with Crippen molar-refractivity contribution in [3.05, 3.63) is 52.5 Å². The number of hydrogen-bond donors (Lipinski definition) is 0. The molecule has 0 spiro atoms. The summed E-state index contributed by atoms with van der Waals surface area (Å²) >= 11 is 3.40. The second-order valence-electron chi connectivity index (χ2n) is 8.16. The maximum Gasteiger partial charge on any atom is 0.244 e. The summed E-state index contributed by atoms with van der Waals surface area (Å²) in [4.78, 5) is 1.29. The number of allylic oxidation sites excluding steroid dienone is 3. The van der Waals surface area contributed by atoms with E-state index in [0.29, 0.717) is 18.5 Å². The number of aromatic nitrogens is 6. The number of fused-ring (bicyclic) bond motifs is 1. The standard InChI is InChI=1S/C23H30N6OS2/c1-6-8-9-17(7-2)13-31-23-27-24-14-28(23)22-26-25-16(5)29(22)21-11-18-10-19(15(3)4)30-12-20(18)32-21/h7-9,11,14-15,19H,6,10,12-13H2,1-5H3/b9-8-,17-7+. The Morgan fingerprint density at radius 3 is 2.94 bits per heavy atom. The monoisotopic (exact) mass is 470 g/mol. The number of nitrogens with zero attached hydrogens (tertiary/aromatic N) is 6. The highest BCUT2D eigenvalue weighted by Gasteiger charge is 2.26. The molecule has 0 N–H and O–H groups in total. The van der Waals surface area contributed by atoms with E-state index in [0.717, 1.165) is 34.6 Å². The molecule has 0 aliphatic carbocycles. The summed E-state index contributed by atoms with van der Waals surface area (Å²) in [5.74, 6) is 2.87. The van der Waals surface area contributed by atoms with E-state index in [1.165, 1.54) is 16.0 Å². The predicted octanol–water partition coefficient (Wildman–Crippen LogP) is 5.32. The van der Waals surface area contributed by atoms with Crippen LogP contribution in [-0.2, 0) is 17.8 Å². The van der Waals surface area contributed by atoms with Crippen molar-refractivity contribution in [1.29, 1.82) is 0 Å². The fraction of sp³-hybridized carbons (Fsp3) is 0.478. The largest absolute Gasteiger partial charge is 0.372 e. The van der Waals surface area contributed by atoms with Gasteiger partial charge in [-0.3, -0.25) is 4.57 Å². The molecule has 0 fully saturated rings. The lowest BCUT2D eigenvalue weighted by molar-refractivity contribution is 0.00167.